The fourth-order valence-electron chi connectivity index (χ4n) is 3.77. The second-order valence-electron chi connectivity index (χ2n) is 7.58. The molecule has 0 unspecified atom stereocenters. The number of aromatic nitrogens is 3. The predicted molar refractivity (Wildman–Crippen MR) is 128 cm³/mol. The third kappa shape index (κ3) is 3.88. The minimum Gasteiger partial charge on any atom is -0.354 e. The van der Waals surface area contributed by atoms with Gasteiger partial charge in [-0.05, 0) is 41.8 Å². The Kier molecular flexibility index (Phi) is 5.20. The number of H-pyrrole nitrogens is 1. The second kappa shape index (κ2) is 8.32. The monoisotopic (exact) mass is 443 g/mol. The van der Waals surface area contributed by atoms with Crippen molar-refractivity contribution in [2.45, 2.75) is 6.42 Å². The number of aryl methyl sites for hydroxylation is 1. The Hall–Kier alpha value is -3.91. The van der Waals surface area contributed by atoms with Gasteiger partial charge in [0.05, 0.1) is 11.7 Å². The number of nitrogens with zero attached hydrogens (tertiary/aromatic N) is 2. The summed E-state index contributed by atoms with van der Waals surface area (Å²) in [5.74, 6) is -1.35. The highest BCUT2D eigenvalue weighted by atomic mass is 32.1. The zero-order chi connectivity index (χ0) is 22.1. The van der Waals surface area contributed by atoms with Gasteiger partial charge in [0.1, 0.15) is 0 Å². The van der Waals surface area contributed by atoms with Gasteiger partial charge in [-0.25, -0.2) is 0 Å². The molecule has 0 aliphatic rings. The average Bonchev–Trinajstić information content (AvgIpc) is 3.52. The lowest BCUT2D eigenvalue weighted by Gasteiger charge is -2.09. The molecule has 0 radical (unpaired) electrons. The molecule has 0 spiro atoms. The summed E-state index contributed by atoms with van der Waals surface area (Å²) in [7, 11) is 1.95. The lowest BCUT2D eigenvalue weighted by Crippen LogP contribution is -2.36. The molecule has 3 heterocycles. The maximum absolute atomic E-state index is 12.5. The molecule has 8 heteroatoms. The number of thiophene rings is 1. The minimum absolute atomic E-state index is 0.387. The summed E-state index contributed by atoms with van der Waals surface area (Å²) in [5, 5.41) is 14.6. The van der Waals surface area contributed by atoms with Crippen LogP contribution < -0.4 is 10.6 Å². The number of amides is 2. The fraction of sp³-hybridized carbons (Fsp3) is 0.125. The summed E-state index contributed by atoms with van der Waals surface area (Å²) in [6.45, 7) is 0.387. The number of benzene rings is 2. The highest BCUT2D eigenvalue weighted by molar-refractivity contribution is 7.22. The van der Waals surface area contributed by atoms with E-state index in [2.05, 4.69) is 39.0 Å². The Labute approximate surface area is 188 Å². The minimum atomic E-state index is -0.693. The summed E-state index contributed by atoms with van der Waals surface area (Å²) < 4.78 is 3.17. The molecule has 0 saturated heterocycles. The zero-order valence-electron chi connectivity index (χ0n) is 17.4. The summed E-state index contributed by atoms with van der Waals surface area (Å²) in [4.78, 5) is 25.8. The molecule has 7 nitrogen and oxygen atoms in total. The molecule has 0 atom stereocenters. The average molecular weight is 444 g/mol. The van der Waals surface area contributed by atoms with Gasteiger partial charge in [0.2, 0.25) is 0 Å². The van der Waals surface area contributed by atoms with Crippen molar-refractivity contribution >= 4 is 49.8 Å². The number of anilines is 1. The molecule has 3 N–H and O–H groups in total. The van der Waals surface area contributed by atoms with E-state index in [-0.39, 0.29) is 0 Å². The van der Waals surface area contributed by atoms with Crippen LogP contribution in [0.3, 0.4) is 0 Å². The largest absolute Gasteiger partial charge is 0.354 e. The van der Waals surface area contributed by atoms with Crippen molar-refractivity contribution in [3.63, 3.8) is 0 Å². The number of fused-ring (bicyclic) bond motifs is 2. The Morgan fingerprint density at radius 1 is 1.06 bits per heavy atom. The molecule has 5 rings (SSSR count). The van der Waals surface area contributed by atoms with E-state index in [0.717, 1.165) is 32.4 Å². The molecule has 2 aromatic carbocycles. The quantitative estimate of drug-likeness (QED) is 0.358. The predicted octanol–water partition coefficient (Wildman–Crippen LogP) is 4.08. The summed E-state index contributed by atoms with van der Waals surface area (Å²) in [5.41, 5.74) is 3.46. The normalized spacial score (nSPS) is 11.2. The van der Waals surface area contributed by atoms with Crippen LogP contribution in [0.15, 0.2) is 67.0 Å². The van der Waals surface area contributed by atoms with Gasteiger partial charge in [0.25, 0.3) is 0 Å². The molecule has 32 heavy (non-hydrogen) atoms. The highest BCUT2D eigenvalue weighted by Gasteiger charge is 2.16. The number of hydrogen-bond acceptors (Lipinski definition) is 4. The lowest BCUT2D eigenvalue weighted by atomic mass is 10.1. The molecule has 0 aliphatic heterocycles. The molecule has 5 aromatic rings. The number of hydrogen-bond donors (Lipinski definition) is 3. The van der Waals surface area contributed by atoms with Gasteiger partial charge in [-0.2, -0.15) is 5.10 Å². The van der Waals surface area contributed by atoms with E-state index in [4.69, 9.17) is 0 Å². The fourth-order valence-corrected chi connectivity index (χ4v) is 4.85. The zero-order valence-corrected chi connectivity index (χ0v) is 18.2. The van der Waals surface area contributed by atoms with E-state index in [9.17, 15) is 9.59 Å². The van der Waals surface area contributed by atoms with E-state index in [1.165, 1.54) is 4.70 Å². The van der Waals surface area contributed by atoms with Crippen molar-refractivity contribution in [1.82, 2.24) is 20.1 Å². The number of rotatable bonds is 5. The summed E-state index contributed by atoms with van der Waals surface area (Å²) in [6, 6.07) is 17.9. The first-order valence-electron chi connectivity index (χ1n) is 10.2. The molecule has 160 valence electrons. The highest BCUT2D eigenvalue weighted by Crippen LogP contribution is 2.38. The number of nitrogens with one attached hydrogen (secondary N) is 3. The van der Waals surface area contributed by atoms with Crippen molar-refractivity contribution in [1.29, 1.82) is 0 Å². The third-order valence-electron chi connectivity index (χ3n) is 5.42. The third-order valence-corrected chi connectivity index (χ3v) is 6.57. The first-order chi connectivity index (χ1) is 15.6. The number of carbonyl (C=O) groups excluding carboxylic acids is 2. The smallest absolute Gasteiger partial charge is 0.313 e. The van der Waals surface area contributed by atoms with E-state index < -0.39 is 11.8 Å². The molecular weight excluding hydrogens is 422 g/mol. The van der Waals surface area contributed by atoms with Crippen LogP contribution in [0.1, 0.15) is 5.69 Å². The maximum Gasteiger partial charge on any atom is 0.313 e. The number of aromatic amines is 1. The van der Waals surface area contributed by atoms with Gasteiger partial charge in [-0.1, -0.05) is 18.2 Å². The van der Waals surface area contributed by atoms with Gasteiger partial charge in [-0.3, -0.25) is 14.7 Å². The molecule has 0 bridgehead atoms. The van der Waals surface area contributed by atoms with Gasteiger partial charge >= 0.3 is 11.8 Å². The van der Waals surface area contributed by atoms with Gasteiger partial charge in [0, 0.05) is 58.1 Å². The van der Waals surface area contributed by atoms with Crippen LogP contribution in [0.25, 0.3) is 31.4 Å². The Morgan fingerprint density at radius 3 is 2.75 bits per heavy atom. The van der Waals surface area contributed by atoms with Crippen LogP contribution in [0, 0.1) is 0 Å². The molecule has 0 saturated carbocycles. The van der Waals surface area contributed by atoms with E-state index >= 15 is 0 Å². The second-order valence-corrected chi connectivity index (χ2v) is 8.66. The van der Waals surface area contributed by atoms with Crippen LogP contribution in [-0.2, 0) is 23.1 Å². The molecular formula is C24H21N5O2S. The van der Waals surface area contributed by atoms with Crippen LogP contribution in [0.5, 0.6) is 0 Å². The Morgan fingerprint density at radius 2 is 1.94 bits per heavy atom. The van der Waals surface area contributed by atoms with Crippen molar-refractivity contribution in [3.05, 3.63) is 72.7 Å². The van der Waals surface area contributed by atoms with Crippen molar-refractivity contribution in [2.24, 2.45) is 7.05 Å². The Balaban J connectivity index is 1.34. The molecule has 0 aliphatic carbocycles. The van der Waals surface area contributed by atoms with Gasteiger partial charge < -0.3 is 15.2 Å². The summed E-state index contributed by atoms with van der Waals surface area (Å²) >= 11 is 1.67. The van der Waals surface area contributed by atoms with Crippen molar-refractivity contribution in [2.75, 3.05) is 11.9 Å². The van der Waals surface area contributed by atoms with Crippen molar-refractivity contribution in [3.8, 4) is 10.4 Å². The molecule has 2 amide bonds. The van der Waals surface area contributed by atoms with E-state index in [1.54, 1.807) is 17.5 Å². The van der Waals surface area contributed by atoms with E-state index in [1.807, 2.05) is 54.2 Å². The van der Waals surface area contributed by atoms with E-state index in [0.29, 0.717) is 18.7 Å². The van der Waals surface area contributed by atoms with Crippen LogP contribution in [0.2, 0.25) is 0 Å². The van der Waals surface area contributed by atoms with Gasteiger partial charge in [0.15, 0.2) is 0 Å². The first-order valence-corrected chi connectivity index (χ1v) is 11.1. The van der Waals surface area contributed by atoms with Crippen LogP contribution in [-0.4, -0.2) is 33.1 Å². The molecule has 3 aromatic heterocycles. The first kappa shape index (κ1) is 20.0. The number of carbonyl (C=O) groups is 2. The molecule has 0 fully saturated rings. The topological polar surface area (TPSA) is 91.8 Å². The van der Waals surface area contributed by atoms with Crippen molar-refractivity contribution < 1.29 is 9.59 Å². The summed E-state index contributed by atoms with van der Waals surface area (Å²) in [6.07, 6.45) is 4.31. The van der Waals surface area contributed by atoms with Crippen LogP contribution in [0.4, 0.5) is 5.69 Å². The van der Waals surface area contributed by atoms with Gasteiger partial charge in [-0.15, -0.1) is 11.3 Å². The Bertz CT molecular complexity index is 1410. The maximum atomic E-state index is 12.5. The standard InChI is InChI=1S/C24H21N5O2S/c1-29-10-4-6-18(29)8-9-25-23(30)24(31)27-17-11-16-14-26-28-22(16)19(13-17)21-12-15-5-2-3-7-20(15)32-21/h2-7,10-14H,8-9H2,1H3,(H,25,30)(H,26,28)(H,27,31). The van der Waals surface area contributed by atoms with Crippen LogP contribution >= 0.6 is 11.3 Å². The lowest BCUT2D eigenvalue weighted by molar-refractivity contribution is -0.136. The SMILES string of the molecule is Cn1cccc1CCNC(=O)C(=O)Nc1cc(-c2cc3ccccc3s2)c2[nH]ncc2c1.